The lowest BCUT2D eigenvalue weighted by Crippen LogP contribution is -2.29. The number of carbonyl (C=O) groups is 1. The standard InChI is InChI=1S/C27H24N2O3/c1-4-15-29-26(18-9-5-6-10-19(18)27(29)30)24-20-11-7-8-12-22(20)28-25(24)21-16-17(31-2)13-14-23(21)32-3/h4-14,16,26,28H,1,15H2,2-3H3. The maximum absolute atomic E-state index is 13.3. The van der Waals surface area contributed by atoms with E-state index >= 15 is 0 Å². The molecule has 0 radical (unpaired) electrons. The van der Waals surface area contributed by atoms with Crippen LogP contribution in [0.4, 0.5) is 0 Å². The fourth-order valence-electron chi connectivity index (χ4n) is 4.68. The lowest BCUT2D eigenvalue weighted by Gasteiger charge is -2.26. The molecule has 1 N–H and O–H groups in total. The highest BCUT2D eigenvalue weighted by molar-refractivity contribution is 6.02. The van der Waals surface area contributed by atoms with Crippen molar-refractivity contribution in [1.29, 1.82) is 0 Å². The lowest BCUT2D eigenvalue weighted by atomic mass is 9.93. The second kappa shape index (κ2) is 7.93. The smallest absolute Gasteiger partial charge is 0.255 e. The van der Waals surface area contributed by atoms with Crippen molar-refractivity contribution in [3.05, 3.63) is 96.1 Å². The Morgan fingerprint density at radius 3 is 2.56 bits per heavy atom. The number of ether oxygens (including phenoxy) is 2. The van der Waals surface area contributed by atoms with Crippen LogP contribution in [0.5, 0.6) is 11.5 Å². The molecule has 1 amide bonds. The van der Waals surface area contributed by atoms with Crippen LogP contribution < -0.4 is 9.47 Å². The minimum Gasteiger partial charge on any atom is -0.497 e. The molecule has 1 aliphatic rings. The molecule has 0 spiro atoms. The van der Waals surface area contributed by atoms with Gasteiger partial charge in [0.05, 0.1) is 26.0 Å². The summed E-state index contributed by atoms with van der Waals surface area (Å²) >= 11 is 0. The van der Waals surface area contributed by atoms with Crippen LogP contribution >= 0.6 is 0 Å². The van der Waals surface area contributed by atoms with Crippen molar-refractivity contribution in [2.45, 2.75) is 6.04 Å². The van der Waals surface area contributed by atoms with E-state index in [1.54, 1.807) is 20.3 Å². The summed E-state index contributed by atoms with van der Waals surface area (Å²) in [7, 11) is 3.31. The van der Waals surface area contributed by atoms with E-state index < -0.39 is 0 Å². The molecule has 5 heteroatoms. The Bertz CT molecular complexity index is 1340. The summed E-state index contributed by atoms with van der Waals surface area (Å²) in [6.45, 7) is 4.34. The molecular formula is C27H24N2O3. The largest absolute Gasteiger partial charge is 0.497 e. The molecule has 2 heterocycles. The molecule has 32 heavy (non-hydrogen) atoms. The third-order valence-electron chi connectivity index (χ3n) is 6.08. The Balaban J connectivity index is 1.84. The molecule has 0 bridgehead atoms. The van der Waals surface area contributed by atoms with Crippen molar-refractivity contribution in [2.75, 3.05) is 20.8 Å². The van der Waals surface area contributed by atoms with Gasteiger partial charge in [-0.15, -0.1) is 6.58 Å². The summed E-state index contributed by atoms with van der Waals surface area (Å²) in [6.07, 6.45) is 1.78. The molecule has 1 atom stereocenters. The average Bonchev–Trinajstić information content (AvgIpc) is 3.34. The van der Waals surface area contributed by atoms with Gasteiger partial charge in [-0.1, -0.05) is 42.5 Å². The van der Waals surface area contributed by atoms with E-state index in [9.17, 15) is 4.79 Å². The van der Waals surface area contributed by atoms with Gasteiger partial charge in [0, 0.05) is 34.1 Å². The van der Waals surface area contributed by atoms with Crippen molar-refractivity contribution >= 4 is 16.8 Å². The van der Waals surface area contributed by atoms with Crippen molar-refractivity contribution in [1.82, 2.24) is 9.88 Å². The van der Waals surface area contributed by atoms with Crippen LogP contribution in [0.2, 0.25) is 0 Å². The molecule has 1 aliphatic heterocycles. The number of para-hydroxylation sites is 1. The van der Waals surface area contributed by atoms with Crippen molar-refractivity contribution < 1.29 is 14.3 Å². The fourth-order valence-corrected chi connectivity index (χ4v) is 4.68. The molecule has 4 aromatic rings. The Hall–Kier alpha value is -3.99. The van der Waals surface area contributed by atoms with E-state index in [1.807, 2.05) is 59.5 Å². The van der Waals surface area contributed by atoms with Crippen LogP contribution in [0.25, 0.3) is 22.2 Å². The number of aromatic amines is 1. The SMILES string of the molecule is C=CCN1C(=O)c2ccccc2C1c1c(-c2cc(OC)ccc2OC)[nH]c2ccccc12. The Labute approximate surface area is 186 Å². The molecule has 5 rings (SSSR count). The zero-order chi connectivity index (χ0) is 22.2. The van der Waals surface area contributed by atoms with Gasteiger partial charge in [0.25, 0.3) is 5.91 Å². The summed E-state index contributed by atoms with van der Waals surface area (Å²) in [4.78, 5) is 18.8. The first kappa shape index (κ1) is 19.9. The normalized spacial score (nSPS) is 15.1. The molecular weight excluding hydrogens is 400 g/mol. The number of carbonyl (C=O) groups excluding carboxylic acids is 1. The second-order valence-electron chi connectivity index (χ2n) is 7.76. The number of nitrogens with one attached hydrogen (secondary N) is 1. The number of H-pyrrole nitrogens is 1. The van der Waals surface area contributed by atoms with Crippen molar-refractivity contribution in [3.8, 4) is 22.8 Å². The predicted octanol–water partition coefficient (Wildman–Crippen LogP) is 5.58. The minimum absolute atomic E-state index is 0.0133. The van der Waals surface area contributed by atoms with Crippen molar-refractivity contribution in [2.24, 2.45) is 0 Å². The molecule has 5 nitrogen and oxygen atoms in total. The third-order valence-corrected chi connectivity index (χ3v) is 6.08. The molecule has 3 aromatic carbocycles. The zero-order valence-corrected chi connectivity index (χ0v) is 18.1. The molecule has 0 saturated heterocycles. The van der Waals surface area contributed by atoms with Crippen LogP contribution in [0, 0.1) is 0 Å². The second-order valence-corrected chi connectivity index (χ2v) is 7.76. The van der Waals surface area contributed by atoms with E-state index in [0.29, 0.717) is 6.54 Å². The summed E-state index contributed by atoms with van der Waals surface area (Å²) in [6, 6.07) is 21.5. The molecule has 1 aromatic heterocycles. The van der Waals surface area contributed by atoms with Crippen LogP contribution in [0.1, 0.15) is 27.5 Å². The number of benzene rings is 3. The molecule has 1 unspecified atom stereocenters. The van der Waals surface area contributed by atoms with Gasteiger partial charge in [-0.05, 0) is 35.9 Å². The van der Waals surface area contributed by atoms with E-state index in [2.05, 4.69) is 23.7 Å². The maximum atomic E-state index is 13.3. The average molecular weight is 425 g/mol. The minimum atomic E-state index is -0.251. The number of fused-ring (bicyclic) bond motifs is 2. The van der Waals surface area contributed by atoms with Crippen LogP contribution in [0.3, 0.4) is 0 Å². The first-order valence-electron chi connectivity index (χ1n) is 10.5. The highest BCUT2D eigenvalue weighted by atomic mass is 16.5. The number of methoxy groups -OCH3 is 2. The van der Waals surface area contributed by atoms with Crippen LogP contribution in [-0.2, 0) is 0 Å². The lowest BCUT2D eigenvalue weighted by molar-refractivity contribution is 0.0771. The molecule has 0 aliphatic carbocycles. The van der Waals surface area contributed by atoms with E-state index in [4.69, 9.17) is 9.47 Å². The van der Waals surface area contributed by atoms with Crippen LogP contribution in [0.15, 0.2) is 79.4 Å². The van der Waals surface area contributed by atoms with Gasteiger partial charge in [0.15, 0.2) is 0 Å². The summed E-state index contributed by atoms with van der Waals surface area (Å²) in [5.74, 6) is 1.47. The number of rotatable bonds is 6. The maximum Gasteiger partial charge on any atom is 0.255 e. The van der Waals surface area contributed by atoms with Gasteiger partial charge >= 0.3 is 0 Å². The van der Waals surface area contributed by atoms with Gasteiger partial charge in [-0.25, -0.2) is 0 Å². The quantitative estimate of drug-likeness (QED) is 0.411. The number of amides is 1. The number of aromatic nitrogens is 1. The summed E-state index contributed by atoms with van der Waals surface area (Å²) in [5, 5.41) is 1.07. The summed E-state index contributed by atoms with van der Waals surface area (Å²) in [5.41, 5.74) is 5.55. The fraction of sp³-hybridized carbons (Fsp3) is 0.148. The highest BCUT2D eigenvalue weighted by Crippen LogP contribution is 2.47. The third kappa shape index (κ3) is 2.97. The Morgan fingerprint density at radius 1 is 1.00 bits per heavy atom. The van der Waals surface area contributed by atoms with Gasteiger partial charge < -0.3 is 19.4 Å². The highest BCUT2D eigenvalue weighted by Gasteiger charge is 2.39. The topological polar surface area (TPSA) is 54.6 Å². The van der Waals surface area contributed by atoms with Gasteiger partial charge in [-0.2, -0.15) is 0 Å². The number of hydrogen-bond donors (Lipinski definition) is 1. The van der Waals surface area contributed by atoms with Gasteiger partial charge in [-0.3, -0.25) is 4.79 Å². The number of hydrogen-bond acceptors (Lipinski definition) is 3. The van der Waals surface area contributed by atoms with E-state index in [0.717, 1.165) is 50.3 Å². The van der Waals surface area contributed by atoms with Gasteiger partial charge in [0.1, 0.15) is 11.5 Å². The molecule has 160 valence electrons. The van der Waals surface area contributed by atoms with Crippen LogP contribution in [-0.4, -0.2) is 36.6 Å². The number of nitrogens with zero attached hydrogens (tertiary/aromatic N) is 1. The van der Waals surface area contributed by atoms with E-state index in [1.165, 1.54) is 0 Å². The molecule has 0 saturated carbocycles. The molecule has 0 fully saturated rings. The van der Waals surface area contributed by atoms with Crippen molar-refractivity contribution in [3.63, 3.8) is 0 Å². The first-order valence-corrected chi connectivity index (χ1v) is 10.5. The van der Waals surface area contributed by atoms with Gasteiger partial charge in [0.2, 0.25) is 0 Å². The van der Waals surface area contributed by atoms with E-state index in [-0.39, 0.29) is 11.9 Å². The Kier molecular flexibility index (Phi) is 4.94. The predicted molar refractivity (Wildman–Crippen MR) is 126 cm³/mol. The Morgan fingerprint density at radius 2 is 1.78 bits per heavy atom. The summed E-state index contributed by atoms with van der Waals surface area (Å²) < 4.78 is 11.2. The zero-order valence-electron chi connectivity index (χ0n) is 18.1. The monoisotopic (exact) mass is 424 g/mol. The first-order chi connectivity index (χ1) is 15.7.